The highest BCUT2D eigenvalue weighted by Crippen LogP contribution is 2.25. The summed E-state index contributed by atoms with van der Waals surface area (Å²) in [5.74, 6) is 0. The molecular weight excluding hydrogens is 270 g/mol. The van der Waals surface area contributed by atoms with E-state index in [-0.39, 0.29) is 0 Å². The standard InChI is InChI=1S/C13H20ClNO2S/c1-3-4-5-6-9-15-13-10-11(18(2,16)17)7-8-12(13)14/h7-8,10,15H,3-6,9H2,1-2H3. The van der Waals surface area contributed by atoms with Crippen molar-refractivity contribution in [1.29, 1.82) is 0 Å². The van der Waals surface area contributed by atoms with Crippen molar-refractivity contribution in [3.8, 4) is 0 Å². The van der Waals surface area contributed by atoms with Gasteiger partial charge in [0.05, 0.1) is 15.6 Å². The summed E-state index contributed by atoms with van der Waals surface area (Å²) in [6.45, 7) is 2.98. The van der Waals surface area contributed by atoms with Crippen molar-refractivity contribution in [2.75, 3.05) is 18.1 Å². The van der Waals surface area contributed by atoms with Gasteiger partial charge < -0.3 is 5.32 Å². The lowest BCUT2D eigenvalue weighted by atomic mass is 10.2. The second-order valence-corrected chi connectivity index (χ2v) is 6.82. The Morgan fingerprint density at radius 3 is 2.56 bits per heavy atom. The molecule has 0 heterocycles. The van der Waals surface area contributed by atoms with Gasteiger partial charge in [0.1, 0.15) is 0 Å². The zero-order valence-corrected chi connectivity index (χ0v) is 12.4. The summed E-state index contributed by atoms with van der Waals surface area (Å²) in [6, 6.07) is 4.74. The molecule has 0 unspecified atom stereocenters. The third-order valence-electron chi connectivity index (χ3n) is 2.71. The third kappa shape index (κ3) is 4.86. The molecule has 1 aromatic rings. The molecule has 0 aliphatic rings. The van der Waals surface area contributed by atoms with Crippen molar-refractivity contribution in [3.05, 3.63) is 23.2 Å². The summed E-state index contributed by atoms with van der Waals surface area (Å²) in [4.78, 5) is 0.294. The lowest BCUT2D eigenvalue weighted by molar-refractivity contribution is 0.602. The molecule has 0 radical (unpaired) electrons. The number of anilines is 1. The molecule has 0 aliphatic carbocycles. The fourth-order valence-corrected chi connectivity index (χ4v) is 2.48. The van der Waals surface area contributed by atoms with E-state index in [1.807, 2.05) is 0 Å². The van der Waals surface area contributed by atoms with Gasteiger partial charge in [-0.1, -0.05) is 37.8 Å². The van der Waals surface area contributed by atoms with Crippen molar-refractivity contribution in [1.82, 2.24) is 0 Å². The lowest BCUT2D eigenvalue weighted by Gasteiger charge is -2.09. The number of benzene rings is 1. The molecule has 0 bridgehead atoms. The number of sulfone groups is 1. The van der Waals surface area contributed by atoms with E-state index in [0.717, 1.165) is 13.0 Å². The Balaban J connectivity index is 2.65. The average Bonchev–Trinajstić information content (AvgIpc) is 2.29. The van der Waals surface area contributed by atoms with Gasteiger partial charge in [-0.15, -0.1) is 0 Å². The number of rotatable bonds is 7. The predicted molar refractivity (Wildman–Crippen MR) is 77.2 cm³/mol. The summed E-state index contributed by atoms with van der Waals surface area (Å²) in [5.41, 5.74) is 0.691. The molecule has 1 rings (SSSR count). The first kappa shape index (κ1) is 15.3. The first-order chi connectivity index (χ1) is 8.45. The van der Waals surface area contributed by atoms with Crippen molar-refractivity contribution in [2.45, 2.75) is 37.5 Å². The first-order valence-corrected chi connectivity index (χ1v) is 8.45. The third-order valence-corrected chi connectivity index (χ3v) is 4.15. The van der Waals surface area contributed by atoms with Crippen LogP contribution in [-0.2, 0) is 9.84 Å². The Kier molecular flexibility index (Phi) is 5.96. The van der Waals surface area contributed by atoms with Gasteiger partial charge in [-0.05, 0) is 24.6 Å². The SMILES string of the molecule is CCCCCCNc1cc(S(C)(=O)=O)ccc1Cl. The van der Waals surface area contributed by atoms with E-state index in [1.165, 1.54) is 31.6 Å². The summed E-state index contributed by atoms with van der Waals surface area (Å²) in [6.07, 6.45) is 5.85. The molecule has 0 fully saturated rings. The molecule has 0 amide bonds. The largest absolute Gasteiger partial charge is 0.384 e. The molecule has 0 saturated heterocycles. The molecule has 0 atom stereocenters. The maximum atomic E-state index is 11.4. The van der Waals surface area contributed by atoms with Crippen LogP contribution >= 0.6 is 11.6 Å². The zero-order valence-electron chi connectivity index (χ0n) is 10.9. The summed E-state index contributed by atoms with van der Waals surface area (Å²) in [7, 11) is -3.18. The van der Waals surface area contributed by atoms with E-state index in [4.69, 9.17) is 11.6 Å². The minimum Gasteiger partial charge on any atom is -0.384 e. The van der Waals surface area contributed by atoms with E-state index < -0.39 is 9.84 Å². The average molecular weight is 290 g/mol. The smallest absolute Gasteiger partial charge is 0.175 e. The van der Waals surface area contributed by atoms with Crippen LogP contribution in [0.4, 0.5) is 5.69 Å². The number of halogens is 1. The second-order valence-electron chi connectivity index (χ2n) is 4.40. The van der Waals surface area contributed by atoms with Gasteiger partial charge in [0, 0.05) is 12.8 Å². The van der Waals surface area contributed by atoms with Crippen LogP contribution < -0.4 is 5.32 Å². The van der Waals surface area contributed by atoms with E-state index >= 15 is 0 Å². The van der Waals surface area contributed by atoms with Crippen LogP contribution in [0.25, 0.3) is 0 Å². The van der Waals surface area contributed by atoms with E-state index in [2.05, 4.69) is 12.2 Å². The quantitative estimate of drug-likeness (QED) is 0.778. The van der Waals surface area contributed by atoms with Gasteiger partial charge in [-0.3, -0.25) is 0 Å². The molecule has 18 heavy (non-hydrogen) atoms. The normalized spacial score (nSPS) is 11.5. The monoisotopic (exact) mass is 289 g/mol. The summed E-state index contributed by atoms with van der Waals surface area (Å²) < 4.78 is 22.9. The molecule has 5 heteroatoms. The van der Waals surface area contributed by atoms with Gasteiger partial charge in [0.2, 0.25) is 0 Å². The highest BCUT2D eigenvalue weighted by Gasteiger charge is 2.09. The number of nitrogens with one attached hydrogen (secondary N) is 1. The maximum Gasteiger partial charge on any atom is 0.175 e. The highest BCUT2D eigenvalue weighted by molar-refractivity contribution is 7.90. The van der Waals surface area contributed by atoms with Crippen LogP contribution in [-0.4, -0.2) is 21.2 Å². The van der Waals surface area contributed by atoms with E-state index in [0.29, 0.717) is 15.6 Å². The Morgan fingerprint density at radius 2 is 1.94 bits per heavy atom. The molecule has 1 N–H and O–H groups in total. The molecule has 0 aliphatic heterocycles. The fraction of sp³-hybridized carbons (Fsp3) is 0.538. The van der Waals surface area contributed by atoms with E-state index in [1.54, 1.807) is 12.1 Å². The van der Waals surface area contributed by atoms with Gasteiger partial charge in [0.15, 0.2) is 9.84 Å². The van der Waals surface area contributed by atoms with Gasteiger partial charge in [0.25, 0.3) is 0 Å². The minimum absolute atomic E-state index is 0.294. The second kappa shape index (κ2) is 7.00. The van der Waals surface area contributed by atoms with E-state index in [9.17, 15) is 8.42 Å². The van der Waals surface area contributed by atoms with Crippen molar-refractivity contribution in [3.63, 3.8) is 0 Å². The van der Waals surface area contributed by atoms with Gasteiger partial charge >= 0.3 is 0 Å². The van der Waals surface area contributed by atoms with Gasteiger partial charge in [-0.2, -0.15) is 0 Å². The predicted octanol–water partition coefficient (Wildman–Crippen LogP) is 3.74. The zero-order chi connectivity index (χ0) is 13.6. The fourth-order valence-electron chi connectivity index (χ4n) is 1.65. The molecule has 3 nitrogen and oxygen atoms in total. The number of hydrogen-bond acceptors (Lipinski definition) is 3. The van der Waals surface area contributed by atoms with Crippen LogP contribution in [0.3, 0.4) is 0 Å². The Morgan fingerprint density at radius 1 is 1.22 bits per heavy atom. The summed E-state index contributed by atoms with van der Waals surface area (Å²) in [5, 5.41) is 3.74. The van der Waals surface area contributed by atoms with Crippen molar-refractivity contribution >= 4 is 27.1 Å². The van der Waals surface area contributed by atoms with Crippen LogP contribution in [0.2, 0.25) is 5.02 Å². The maximum absolute atomic E-state index is 11.4. The molecule has 0 saturated carbocycles. The highest BCUT2D eigenvalue weighted by atomic mass is 35.5. The number of unbranched alkanes of at least 4 members (excludes halogenated alkanes) is 3. The molecular formula is C13H20ClNO2S. The Hall–Kier alpha value is -0.740. The van der Waals surface area contributed by atoms with Crippen LogP contribution in [0.1, 0.15) is 32.6 Å². The molecule has 102 valence electrons. The van der Waals surface area contributed by atoms with Crippen LogP contribution in [0.15, 0.2) is 23.1 Å². The van der Waals surface area contributed by atoms with Crippen LogP contribution in [0.5, 0.6) is 0 Å². The van der Waals surface area contributed by atoms with Crippen molar-refractivity contribution < 1.29 is 8.42 Å². The topological polar surface area (TPSA) is 46.2 Å². The van der Waals surface area contributed by atoms with Crippen LogP contribution in [0, 0.1) is 0 Å². The first-order valence-electron chi connectivity index (χ1n) is 6.18. The molecule has 0 aromatic heterocycles. The minimum atomic E-state index is -3.18. The molecule has 1 aromatic carbocycles. The summed E-state index contributed by atoms with van der Waals surface area (Å²) >= 11 is 6.03. The Bertz CT molecular complexity index is 486. The van der Waals surface area contributed by atoms with Gasteiger partial charge in [-0.25, -0.2) is 8.42 Å². The number of hydrogen-bond donors (Lipinski definition) is 1. The lowest BCUT2D eigenvalue weighted by Crippen LogP contribution is -2.04. The van der Waals surface area contributed by atoms with Crippen molar-refractivity contribution in [2.24, 2.45) is 0 Å². The Labute approximate surface area is 114 Å². The molecule has 0 spiro atoms.